The minimum absolute atomic E-state index is 0.132. The number of urea groups is 1. The maximum Gasteiger partial charge on any atom is 0.317 e. The van der Waals surface area contributed by atoms with Crippen molar-refractivity contribution < 1.29 is 14.7 Å². The van der Waals surface area contributed by atoms with Crippen molar-refractivity contribution in [1.82, 2.24) is 10.2 Å². The second kappa shape index (κ2) is 6.95. The van der Waals surface area contributed by atoms with Crippen LogP contribution in [0.3, 0.4) is 0 Å². The second-order valence-electron chi connectivity index (χ2n) is 6.91. The molecule has 2 atom stereocenters. The van der Waals surface area contributed by atoms with Gasteiger partial charge in [-0.1, -0.05) is 27.7 Å². The van der Waals surface area contributed by atoms with Crippen LogP contribution in [-0.2, 0) is 4.79 Å². The van der Waals surface area contributed by atoms with Crippen LogP contribution in [0.2, 0.25) is 0 Å². The molecule has 2 N–H and O–H groups in total. The molecule has 2 amide bonds. The van der Waals surface area contributed by atoms with Gasteiger partial charge in [0.2, 0.25) is 0 Å². The fraction of sp³-hybridized carbons (Fsp3) is 0.867. The van der Waals surface area contributed by atoms with Crippen molar-refractivity contribution in [3.05, 3.63) is 0 Å². The zero-order chi connectivity index (χ0) is 15.3. The van der Waals surface area contributed by atoms with Crippen LogP contribution in [0.1, 0.15) is 47.0 Å². The van der Waals surface area contributed by atoms with E-state index in [1.165, 1.54) is 0 Å². The van der Waals surface area contributed by atoms with Crippen molar-refractivity contribution in [3.8, 4) is 0 Å². The lowest BCUT2D eigenvalue weighted by Crippen LogP contribution is -2.43. The highest BCUT2D eigenvalue weighted by atomic mass is 16.4. The second-order valence-corrected chi connectivity index (χ2v) is 6.91. The average molecular weight is 284 g/mol. The van der Waals surface area contributed by atoms with Crippen LogP contribution >= 0.6 is 0 Å². The first-order valence-electron chi connectivity index (χ1n) is 7.47. The van der Waals surface area contributed by atoms with Gasteiger partial charge in [-0.2, -0.15) is 0 Å². The summed E-state index contributed by atoms with van der Waals surface area (Å²) in [6, 6.07) is -0.132. The van der Waals surface area contributed by atoms with Gasteiger partial charge in [-0.25, -0.2) is 4.79 Å². The van der Waals surface area contributed by atoms with Gasteiger partial charge in [-0.15, -0.1) is 0 Å². The van der Waals surface area contributed by atoms with Crippen molar-refractivity contribution in [2.24, 2.45) is 17.3 Å². The van der Waals surface area contributed by atoms with E-state index in [2.05, 4.69) is 26.1 Å². The fourth-order valence-electron chi connectivity index (χ4n) is 2.60. The molecule has 0 aromatic rings. The zero-order valence-corrected chi connectivity index (χ0v) is 13.1. The van der Waals surface area contributed by atoms with Crippen LogP contribution in [0.4, 0.5) is 4.79 Å². The van der Waals surface area contributed by atoms with E-state index < -0.39 is 11.9 Å². The maximum absolute atomic E-state index is 12.1. The summed E-state index contributed by atoms with van der Waals surface area (Å²) in [4.78, 5) is 24.6. The third kappa shape index (κ3) is 5.02. The standard InChI is InChI=1S/C15H28N2O3/c1-11(13(18)19)10-16-14(20)17-8-5-6-12(7-9-17)15(2,3)4/h11-12H,5-10H2,1-4H3,(H,16,20)(H,18,19). The zero-order valence-electron chi connectivity index (χ0n) is 13.1. The number of nitrogens with zero attached hydrogens (tertiary/aromatic N) is 1. The molecule has 0 aromatic heterocycles. The number of hydrogen-bond acceptors (Lipinski definition) is 2. The quantitative estimate of drug-likeness (QED) is 0.837. The molecular formula is C15H28N2O3. The first-order chi connectivity index (χ1) is 9.21. The SMILES string of the molecule is CC(CNC(=O)N1CCCC(C(C)(C)C)CC1)C(=O)O. The Labute approximate surface area is 121 Å². The topological polar surface area (TPSA) is 69.6 Å². The summed E-state index contributed by atoms with van der Waals surface area (Å²) >= 11 is 0. The van der Waals surface area contributed by atoms with Crippen LogP contribution in [0, 0.1) is 17.3 Å². The van der Waals surface area contributed by atoms with Gasteiger partial charge in [0, 0.05) is 19.6 Å². The Hall–Kier alpha value is -1.26. The average Bonchev–Trinajstić information content (AvgIpc) is 2.60. The predicted molar refractivity (Wildman–Crippen MR) is 78.6 cm³/mol. The highest BCUT2D eigenvalue weighted by molar-refractivity contribution is 5.75. The van der Waals surface area contributed by atoms with Crippen LogP contribution in [0.15, 0.2) is 0 Å². The lowest BCUT2D eigenvalue weighted by Gasteiger charge is -2.29. The third-order valence-corrected chi connectivity index (χ3v) is 4.22. The number of aliphatic carboxylic acids is 1. The molecule has 20 heavy (non-hydrogen) atoms. The summed E-state index contributed by atoms with van der Waals surface area (Å²) in [7, 11) is 0. The molecule has 0 radical (unpaired) electrons. The molecule has 5 nitrogen and oxygen atoms in total. The highest BCUT2D eigenvalue weighted by Gasteiger charge is 2.28. The molecule has 1 saturated heterocycles. The summed E-state index contributed by atoms with van der Waals surface area (Å²) in [5.74, 6) is -0.791. The van der Waals surface area contributed by atoms with Crippen molar-refractivity contribution in [2.75, 3.05) is 19.6 Å². The largest absolute Gasteiger partial charge is 0.481 e. The number of likely N-dealkylation sites (tertiary alicyclic amines) is 1. The number of hydrogen-bond donors (Lipinski definition) is 2. The van der Waals surface area contributed by atoms with Crippen LogP contribution < -0.4 is 5.32 Å². The Morgan fingerprint density at radius 2 is 1.95 bits per heavy atom. The van der Waals surface area contributed by atoms with Crippen LogP contribution in [0.5, 0.6) is 0 Å². The van der Waals surface area contributed by atoms with E-state index in [1.807, 2.05) is 4.90 Å². The van der Waals surface area contributed by atoms with Crippen LogP contribution in [0.25, 0.3) is 0 Å². The fourth-order valence-corrected chi connectivity index (χ4v) is 2.60. The van der Waals surface area contributed by atoms with Crippen molar-refractivity contribution in [3.63, 3.8) is 0 Å². The summed E-state index contributed by atoms with van der Waals surface area (Å²) < 4.78 is 0. The summed E-state index contributed by atoms with van der Waals surface area (Å²) in [6.07, 6.45) is 3.19. The molecule has 0 aromatic carbocycles. The van der Waals surface area contributed by atoms with E-state index in [0.29, 0.717) is 5.92 Å². The molecule has 0 aliphatic carbocycles. The Balaban J connectivity index is 2.44. The molecule has 0 saturated carbocycles. The molecule has 5 heteroatoms. The smallest absolute Gasteiger partial charge is 0.317 e. The number of amides is 2. The van der Waals surface area contributed by atoms with Crippen LogP contribution in [-0.4, -0.2) is 41.6 Å². The molecule has 1 rings (SSSR count). The summed E-state index contributed by atoms with van der Waals surface area (Å²) in [5, 5.41) is 11.5. The number of carbonyl (C=O) groups excluding carboxylic acids is 1. The number of nitrogens with one attached hydrogen (secondary N) is 1. The van der Waals surface area contributed by atoms with E-state index in [-0.39, 0.29) is 18.0 Å². The molecule has 1 aliphatic rings. The Kier molecular flexibility index (Phi) is 5.84. The van der Waals surface area contributed by atoms with E-state index in [1.54, 1.807) is 6.92 Å². The van der Waals surface area contributed by atoms with Gasteiger partial charge in [0.05, 0.1) is 5.92 Å². The summed E-state index contributed by atoms with van der Waals surface area (Å²) in [6.45, 7) is 10.1. The Morgan fingerprint density at radius 3 is 2.50 bits per heavy atom. The molecular weight excluding hydrogens is 256 g/mol. The predicted octanol–water partition coefficient (Wildman–Crippen LogP) is 2.56. The van der Waals surface area contributed by atoms with Crippen molar-refractivity contribution in [2.45, 2.75) is 47.0 Å². The monoisotopic (exact) mass is 284 g/mol. The molecule has 1 heterocycles. The Morgan fingerprint density at radius 1 is 1.30 bits per heavy atom. The van der Waals surface area contributed by atoms with E-state index >= 15 is 0 Å². The van der Waals surface area contributed by atoms with Gasteiger partial charge in [-0.3, -0.25) is 4.79 Å². The lowest BCUT2D eigenvalue weighted by molar-refractivity contribution is -0.140. The van der Waals surface area contributed by atoms with E-state index in [4.69, 9.17) is 5.11 Å². The van der Waals surface area contributed by atoms with E-state index in [0.717, 1.165) is 32.4 Å². The van der Waals surface area contributed by atoms with Gasteiger partial charge in [0.25, 0.3) is 0 Å². The Bertz CT molecular complexity index is 350. The number of carbonyl (C=O) groups is 2. The molecule has 116 valence electrons. The molecule has 1 fully saturated rings. The van der Waals surface area contributed by atoms with Crippen molar-refractivity contribution in [1.29, 1.82) is 0 Å². The van der Waals surface area contributed by atoms with Gasteiger partial charge in [0.15, 0.2) is 0 Å². The lowest BCUT2D eigenvalue weighted by atomic mass is 9.77. The highest BCUT2D eigenvalue weighted by Crippen LogP contribution is 2.34. The number of rotatable bonds is 3. The van der Waals surface area contributed by atoms with Gasteiger partial charge >= 0.3 is 12.0 Å². The van der Waals surface area contributed by atoms with Gasteiger partial charge in [0.1, 0.15) is 0 Å². The number of carboxylic acid groups (broad SMARTS) is 1. The number of carboxylic acids is 1. The minimum atomic E-state index is -0.881. The first kappa shape index (κ1) is 16.8. The van der Waals surface area contributed by atoms with Gasteiger partial charge in [-0.05, 0) is 30.6 Å². The summed E-state index contributed by atoms with van der Waals surface area (Å²) in [5.41, 5.74) is 0.282. The van der Waals surface area contributed by atoms with Crippen molar-refractivity contribution >= 4 is 12.0 Å². The normalized spacial score (nSPS) is 22.0. The molecule has 0 bridgehead atoms. The third-order valence-electron chi connectivity index (χ3n) is 4.22. The molecule has 0 spiro atoms. The van der Waals surface area contributed by atoms with Gasteiger partial charge < -0.3 is 15.3 Å². The maximum atomic E-state index is 12.1. The first-order valence-corrected chi connectivity index (χ1v) is 7.47. The molecule has 2 unspecified atom stereocenters. The molecule has 1 aliphatic heterocycles. The minimum Gasteiger partial charge on any atom is -0.481 e. The van der Waals surface area contributed by atoms with E-state index in [9.17, 15) is 9.59 Å².